The van der Waals surface area contributed by atoms with E-state index in [0.717, 1.165) is 11.3 Å². The Morgan fingerprint density at radius 1 is 1.05 bits per heavy atom. The van der Waals surface area contributed by atoms with Crippen LogP contribution in [0.3, 0.4) is 0 Å². The number of hydrogen-bond acceptors (Lipinski definition) is 1. The topological polar surface area (TPSA) is 12.0 Å². The van der Waals surface area contributed by atoms with E-state index in [9.17, 15) is 4.39 Å². The standard InChI is InChI=1S/C17H19ClFN/c1-11(2)14-6-4-5-7-17(14)20-12(3)13-8-9-15(18)16(19)10-13/h4-12,20H,1-3H3. The van der Waals surface area contributed by atoms with E-state index in [1.54, 1.807) is 6.07 Å². The van der Waals surface area contributed by atoms with Crippen molar-refractivity contribution in [2.45, 2.75) is 32.7 Å². The lowest BCUT2D eigenvalue weighted by Crippen LogP contribution is -2.09. The van der Waals surface area contributed by atoms with E-state index in [1.165, 1.54) is 11.6 Å². The normalized spacial score (nSPS) is 12.5. The summed E-state index contributed by atoms with van der Waals surface area (Å²) in [4.78, 5) is 0. The monoisotopic (exact) mass is 291 g/mol. The minimum atomic E-state index is -0.380. The number of halogens is 2. The molecule has 0 fully saturated rings. The molecular formula is C17H19ClFN. The third kappa shape index (κ3) is 3.31. The zero-order valence-corrected chi connectivity index (χ0v) is 12.7. The van der Waals surface area contributed by atoms with E-state index in [-0.39, 0.29) is 16.9 Å². The first-order chi connectivity index (χ1) is 9.49. The summed E-state index contributed by atoms with van der Waals surface area (Å²) in [6.07, 6.45) is 0. The van der Waals surface area contributed by atoms with Crippen LogP contribution in [0.4, 0.5) is 10.1 Å². The lowest BCUT2D eigenvalue weighted by molar-refractivity contribution is 0.624. The second-order valence-electron chi connectivity index (χ2n) is 5.28. The van der Waals surface area contributed by atoms with Crippen LogP contribution in [0.25, 0.3) is 0 Å². The highest BCUT2D eigenvalue weighted by Gasteiger charge is 2.11. The highest BCUT2D eigenvalue weighted by molar-refractivity contribution is 6.30. The number of rotatable bonds is 4. The molecule has 0 aliphatic heterocycles. The third-order valence-corrected chi connectivity index (χ3v) is 3.70. The average Bonchev–Trinajstić information content (AvgIpc) is 2.42. The first kappa shape index (κ1) is 14.9. The fourth-order valence-corrected chi connectivity index (χ4v) is 2.35. The summed E-state index contributed by atoms with van der Waals surface area (Å²) in [6, 6.07) is 13.1. The molecule has 0 heterocycles. The summed E-state index contributed by atoms with van der Waals surface area (Å²) >= 11 is 5.72. The first-order valence-electron chi connectivity index (χ1n) is 6.79. The minimum Gasteiger partial charge on any atom is -0.378 e. The van der Waals surface area contributed by atoms with Crippen molar-refractivity contribution in [2.75, 3.05) is 5.32 Å². The smallest absolute Gasteiger partial charge is 0.142 e. The Bertz CT molecular complexity index is 595. The molecular weight excluding hydrogens is 273 g/mol. The van der Waals surface area contributed by atoms with Gasteiger partial charge in [0.05, 0.1) is 5.02 Å². The maximum atomic E-state index is 13.5. The molecule has 2 rings (SSSR count). The zero-order chi connectivity index (χ0) is 14.7. The summed E-state index contributed by atoms with van der Waals surface area (Å²) in [5.41, 5.74) is 3.23. The Morgan fingerprint density at radius 2 is 1.75 bits per heavy atom. The Kier molecular flexibility index (Phi) is 4.66. The van der Waals surface area contributed by atoms with Gasteiger partial charge in [-0.2, -0.15) is 0 Å². The molecule has 1 unspecified atom stereocenters. The predicted molar refractivity (Wildman–Crippen MR) is 84.0 cm³/mol. The van der Waals surface area contributed by atoms with Crippen LogP contribution in [-0.4, -0.2) is 0 Å². The quantitative estimate of drug-likeness (QED) is 0.753. The van der Waals surface area contributed by atoms with E-state index >= 15 is 0 Å². The van der Waals surface area contributed by atoms with Crippen molar-refractivity contribution in [3.05, 3.63) is 64.4 Å². The van der Waals surface area contributed by atoms with E-state index in [4.69, 9.17) is 11.6 Å². The molecule has 0 spiro atoms. The molecule has 20 heavy (non-hydrogen) atoms. The van der Waals surface area contributed by atoms with Gasteiger partial charge in [0, 0.05) is 11.7 Å². The van der Waals surface area contributed by atoms with Gasteiger partial charge in [-0.3, -0.25) is 0 Å². The largest absolute Gasteiger partial charge is 0.378 e. The lowest BCUT2D eigenvalue weighted by Gasteiger charge is -2.20. The number of anilines is 1. The molecule has 0 saturated carbocycles. The highest BCUT2D eigenvalue weighted by Crippen LogP contribution is 2.28. The van der Waals surface area contributed by atoms with Crippen LogP contribution in [0.5, 0.6) is 0 Å². The zero-order valence-electron chi connectivity index (χ0n) is 12.0. The summed E-state index contributed by atoms with van der Waals surface area (Å²) < 4.78 is 13.5. The number of para-hydroxylation sites is 1. The van der Waals surface area contributed by atoms with Crippen LogP contribution in [-0.2, 0) is 0 Å². The van der Waals surface area contributed by atoms with Crippen molar-refractivity contribution in [3.63, 3.8) is 0 Å². The van der Waals surface area contributed by atoms with Crippen LogP contribution in [0.1, 0.15) is 43.9 Å². The van der Waals surface area contributed by atoms with Gasteiger partial charge < -0.3 is 5.32 Å². The fraction of sp³-hybridized carbons (Fsp3) is 0.294. The number of hydrogen-bond donors (Lipinski definition) is 1. The number of benzene rings is 2. The minimum absolute atomic E-state index is 0.0154. The van der Waals surface area contributed by atoms with Crippen LogP contribution in [0, 0.1) is 5.82 Å². The van der Waals surface area contributed by atoms with Gasteiger partial charge in [0.25, 0.3) is 0 Å². The summed E-state index contributed by atoms with van der Waals surface area (Å²) in [7, 11) is 0. The van der Waals surface area contributed by atoms with Crippen molar-refractivity contribution < 1.29 is 4.39 Å². The average molecular weight is 292 g/mol. The van der Waals surface area contributed by atoms with Gasteiger partial charge in [0.1, 0.15) is 5.82 Å². The van der Waals surface area contributed by atoms with Crippen molar-refractivity contribution in [1.29, 1.82) is 0 Å². The fourth-order valence-electron chi connectivity index (χ4n) is 2.23. The van der Waals surface area contributed by atoms with Crippen LogP contribution in [0.2, 0.25) is 5.02 Å². The van der Waals surface area contributed by atoms with Crippen LogP contribution >= 0.6 is 11.6 Å². The maximum absolute atomic E-state index is 13.5. The Morgan fingerprint density at radius 3 is 2.40 bits per heavy atom. The Balaban J connectivity index is 2.23. The maximum Gasteiger partial charge on any atom is 0.142 e. The molecule has 0 aliphatic rings. The molecule has 2 aromatic rings. The molecule has 0 radical (unpaired) electrons. The predicted octanol–water partition coefficient (Wildman–Crippen LogP) is 5.78. The van der Waals surface area contributed by atoms with Gasteiger partial charge in [-0.05, 0) is 42.2 Å². The summed E-state index contributed by atoms with van der Waals surface area (Å²) in [5, 5.41) is 3.60. The van der Waals surface area contributed by atoms with E-state index in [1.807, 2.05) is 25.1 Å². The third-order valence-electron chi connectivity index (χ3n) is 3.40. The molecule has 0 bridgehead atoms. The Hall–Kier alpha value is -1.54. The van der Waals surface area contributed by atoms with Crippen molar-refractivity contribution in [1.82, 2.24) is 0 Å². The SMILES string of the molecule is CC(C)c1ccccc1NC(C)c1ccc(Cl)c(F)c1. The van der Waals surface area contributed by atoms with Gasteiger partial charge in [0.2, 0.25) is 0 Å². The second-order valence-corrected chi connectivity index (χ2v) is 5.69. The molecule has 3 heteroatoms. The molecule has 0 aliphatic carbocycles. The van der Waals surface area contributed by atoms with Crippen LogP contribution in [0.15, 0.2) is 42.5 Å². The summed E-state index contributed by atoms with van der Waals surface area (Å²) in [6.45, 7) is 6.33. The molecule has 1 nitrogen and oxygen atoms in total. The van der Waals surface area contributed by atoms with Crippen molar-refractivity contribution in [3.8, 4) is 0 Å². The van der Waals surface area contributed by atoms with Gasteiger partial charge in [-0.25, -0.2) is 4.39 Å². The molecule has 2 aromatic carbocycles. The van der Waals surface area contributed by atoms with E-state index < -0.39 is 0 Å². The Labute approximate surface area is 124 Å². The molecule has 0 aromatic heterocycles. The molecule has 1 N–H and O–H groups in total. The van der Waals surface area contributed by atoms with E-state index in [2.05, 4.69) is 31.3 Å². The van der Waals surface area contributed by atoms with Gasteiger partial charge >= 0.3 is 0 Å². The second kappa shape index (κ2) is 6.27. The highest BCUT2D eigenvalue weighted by atomic mass is 35.5. The first-order valence-corrected chi connectivity index (χ1v) is 7.17. The van der Waals surface area contributed by atoms with Crippen molar-refractivity contribution in [2.24, 2.45) is 0 Å². The summed E-state index contributed by atoms with van der Waals surface area (Å²) in [5.74, 6) is 0.0582. The molecule has 0 amide bonds. The van der Waals surface area contributed by atoms with Gasteiger partial charge in [-0.15, -0.1) is 0 Å². The van der Waals surface area contributed by atoms with Crippen molar-refractivity contribution >= 4 is 17.3 Å². The van der Waals surface area contributed by atoms with Gasteiger partial charge in [-0.1, -0.05) is 49.7 Å². The van der Waals surface area contributed by atoms with Gasteiger partial charge in [0.15, 0.2) is 0 Å². The molecule has 106 valence electrons. The molecule has 1 atom stereocenters. The lowest BCUT2D eigenvalue weighted by atomic mass is 10.00. The van der Waals surface area contributed by atoms with Crippen LogP contribution < -0.4 is 5.32 Å². The molecule has 0 saturated heterocycles. The number of nitrogens with one attached hydrogen (secondary N) is 1. The van der Waals surface area contributed by atoms with E-state index in [0.29, 0.717) is 5.92 Å².